The first-order valence-corrected chi connectivity index (χ1v) is 8.00. The van der Waals surface area contributed by atoms with Gasteiger partial charge in [0.15, 0.2) is 0 Å². The molecule has 20 heavy (non-hydrogen) atoms. The number of nitrogens with zero attached hydrogens (tertiary/aromatic N) is 1. The van der Waals surface area contributed by atoms with Crippen LogP contribution in [0, 0.1) is 11.3 Å². The molecule has 2 atom stereocenters. The molecular formula is C17H30N2O. The van der Waals surface area contributed by atoms with Gasteiger partial charge in [0.2, 0.25) is 5.91 Å². The van der Waals surface area contributed by atoms with Crippen molar-refractivity contribution in [3.63, 3.8) is 0 Å². The van der Waals surface area contributed by atoms with Gasteiger partial charge in [0.25, 0.3) is 0 Å². The van der Waals surface area contributed by atoms with Crippen LogP contribution in [0.2, 0.25) is 0 Å². The fraction of sp³-hybridized carbons (Fsp3) is 0.824. The van der Waals surface area contributed by atoms with E-state index in [2.05, 4.69) is 33.8 Å². The van der Waals surface area contributed by atoms with E-state index >= 15 is 0 Å². The van der Waals surface area contributed by atoms with Gasteiger partial charge in [-0.05, 0) is 30.6 Å². The molecule has 0 radical (unpaired) electrons. The summed E-state index contributed by atoms with van der Waals surface area (Å²) in [6.45, 7) is 10.5. The van der Waals surface area contributed by atoms with Gasteiger partial charge in [0.1, 0.15) is 0 Å². The van der Waals surface area contributed by atoms with Crippen LogP contribution in [0.15, 0.2) is 11.6 Å². The molecule has 0 bridgehead atoms. The minimum atomic E-state index is -0.606. The van der Waals surface area contributed by atoms with Gasteiger partial charge in [0, 0.05) is 13.1 Å². The summed E-state index contributed by atoms with van der Waals surface area (Å²) in [6, 6.07) is 0. The van der Waals surface area contributed by atoms with Crippen LogP contribution in [0.1, 0.15) is 59.8 Å². The highest BCUT2D eigenvalue weighted by Crippen LogP contribution is 2.34. The second-order valence-corrected chi connectivity index (χ2v) is 7.84. The van der Waals surface area contributed by atoms with E-state index in [-0.39, 0.29) is 11.3 Å². The van der Waals surface area contributed by atoms with E-state index in [1.807, 2.05) is 4.90 Å². The molecule has 2 aliphatic rings. The normalized spacial score (nSPS) is 31.9. The number of hydrogen-bond acceptors (Lipinski definition) is 2. The maximum atomic E-state index is 12.7. The molecule has 3 heteroatoms. The first-order chi connectivity index (χ1) is 9.22. The Morgan fingerprint density at radius 3 is 2.65 bits per heavy atom. The molecule has 1 saturated carbocycles. The Morgan fingerprint density at radius 2 is 2.15 bits per heavy atom. The minimum Gasteiger partial charge on any atom is -0.337 e. The third kappa shape index (κ3) is 3.25. The molecule has 0 saturated heterocycles. The van der Waals surface area contributed by atoms with Crippen LogP contribution in [-0.2, 0) is 4.79 Å². The maximum Gasteiger partial charge on any atom is 0.242 e. The van der Waals surface area contributed by atoms with Gasteiger partial charge >= 0.3 is 0 Å². The quantitative estimate of drug-likeness (QED) is 0.749. The summed E-state index contributed by atoms with van der Waals surface area (Å²) in [7, 11) is 0. The molecule has 1 aliphatic heterocycles. The Bertz CT molecular complexity index is 408. The lowest BCUT2D eigenvalue weighted by atomic mass is 9.76. The van der Waals surface area contributed by atoms with Crippen molar-refractivity contribution in [1.82, 2.24) is 4.90 Å². The zero-order valence-electron chi connectivity index (χ0n) is 13.5. The summed E-state index contributed by atoms with van der Waals surface area (Å²) in [6.07, 6.45) is 7.21. The number of carbonyl (C=O) groups is 1. The lowest BCUT2D eigenvalue weighted by molar-refractivity contribution is -0.138. The third-order valence-electron chi connectivity index (χ3n) is 4.92. The van der Waals surface area contributed by atoms with E-state index in [9.17, 15) is 4.79 Å². The zero-order chi connectivity index (χ0) is 15.0. The molecule has 0 aromatic rings. The minimum absolute atomic E-state index is 0.174. The van der Waals surface area contributed by atoms with Crippen molar-refractivity contribution >= 4 is 5.91 Å². The molecule has 0 aromatic carbocycles. The van der Waals surface area contributed by atoms with E-state index < -0.39 is 5.54 Å². The summed E-state index contributed by atoms with van der Waals surface area (Å²) >= 11 is 0. The Kier molecular flexibility index (Phi) is 4.29. The molecule has 114 valence electrons. The van der Waals surface area contributed by atoms with Crippen molar-refractivity contribution in [2.24, 2.45) is 17.1 Å². The molecule has 2 rings (SSSR count). The van der Waals surface area contributed by atoms with Crippen LogP contribution < -0.4 is 5.73 Å². The standard InChI is InChI=1S/C17H30N2O/c1-13-6-5-9-17(18,12-13)15(20)19-10-7-14(8-11-19)16(2,3)4/h7,13H,5-6,8-12,18H2,1-4H3. The smallest absolute Gasteiger partial charge is 0.242 e. The number of nitrogens with two attached hydrogens (primary N) is 1. The summed E-state index contributed by atoms with van der Waals surface area (Å²) in [5, 5.41) is 0. The van der Waals surface area contributed by atoms with E-state index in [0.29, 0.717) is 5.92 Å². The van der Waals surface area contributed by atoms with E-state index in [1.54, 1.807) is 0 Å². The van der Waals surface area contributed by atoms with Gasteiger partial charge < -0.3 is 10.6 Å². The molecule has 1 heterocycles. The molecule has 1 amide bonds. The van der Waals surface area contributed by atoms with Crippen molar-refractivity contribution in [1.29, 1.82) is 0 Å². The van der Waals surface area contributed by atoms with Crippen molar-refractivity contribution in [2.75, 3.05) is 13.1 Å². The van der Waals surface area contributed by atoms with Gasteiger partial charge in [0.05, 0.1) is 5.54 Å². The molecular weight excluding hydrogens is 248 g/mol. The zero-order valence-corrected chi connectivity index (χ0v) is 13.5. The summed E-state index contributed by atoms with van der Waals surface area (Å²) in [4.78, 5) is 14.7. The van der Waals surface area contributed by atoms with Crippen LogP contribution in [0.5, 0.6) is 0 Å². The average molecular weight is 278 g/mol. The summed E-state index contributed by atoms with van der Waals surface area (Å²) in [5.74, 6) is 0.747. The molecule has 1 fully saturated rings. The highest BCUT2D eigenvalue weighted by molar-refractivity contribution is 5.86. The Labute approximate surface area is 123 Å². The predicted octanol–water partition coefficient (Wildman–Crippen LogP) is 3.10. The van der Waals surface area contributed by atoms with Crippen LogP contribution in [0.25, 0.3) is 0 Å². The van der Waals surface area contributed by atoms with Gasteiger partial charge in [-0.1, -0.05) is 52.2 Å². The lowest BCUT2D eigenvalue weighted by Gasteiger charge is -2.41. The summed E-state index contributed by atoms with van der Waals surface area (Å²) in [5.41, 5.74) is 7.51. The van der Waals surface area contributed by atoms with Crippen LogP contribution >= 0.6 is 0 Å². The molecule has 3 nitrogen and oxygen atoms in total. The molecule has 0 spiro atoms. The van der Waals surface area contributed by atoms with E-state index in [1.165, 1.54) is 12.0 Å². The lowest BCUT2D eigenvalue weighted by Crippen LogP contribution is -2.58. The Morgan fingerprint density at radius 1 is 1.45 bits per heavy atom. The van der Waals surface area contributed by atoms with Gasteiger partial charge in [-0.3, -0.25) is 4.79 Å². The second kappa shape index (κ2) is 5.51. The predicted molar refractivity (Wildman–Crippen MR) is 83.3 cm³/mol. The molecule has 1 aliphatic carbocycles. The first-order valence-electron chi connectivity index (χ1n) is 8.00. The number of rotatable bonds is 1. The summed E-state index contributed by atoms with van der Waals surface area (Å²) < 4.78 is 0. The van der Waals surface area contributed by atoms with Crippen molar-refractivity contribution in [2.45, 2.75) is 65.3 Å². The number of carbonyl (C=O) groups excluding carboxylic acids is 1. The van der Waals surface area contributed by atoms with Crippen molar-refractivity contribution < 1.29 is 4.79 Å². The van der Waals surface area contributed by atoms with Crippen molar-refractivity contribution in [3.05, 3.63) is 11.6 Å². The van der Waals surface area contributed by atoms with Crippen LogP contribution in [0.3, 0.4) is 0 Å². The Balaban J connectivity index is 2.03. The van der Waals surface area contributed by atoms with Crippen molar-refractivity contribution in [3.8, 4) is 0 Å². The SMILES string of the molecule is CC1CCCC(N)(C(=O)N2CC=C(C(C)(C)C)CC2)C1. The van der Waals surface area contributed by atoms with E-state index in [4.69, 9.17) is 5.73 Å². The Hall–Kier alpha value is -0.830. The number of hydrogen-bond donors (Lipinski definition) is 1. The molecule has 0 aromatic heterocycles. The maximum absolute atomic E-state index is 12.7. The van der Waals surface area contributed by atoms with Crippen LogP contribution in [-0.4, -0.2) is 29.4 Å². The average Bonchev–Trinajstić information content (AvgIpc) is 2.37. The van der Waals surface area contributed by atoms with Gasteiger partial charge in [-0.25, -0.2) is 0 Å². The van der Waals surface area contributed by atoms with Gasteiger partial charge in [-0.15, -0.1) is 0 Å². The van der Waals surface area contributed by atoms with E-state index in [0.717, 1.165) is 38.8 Å². The highest BCUT2D eigenvalue weighted by atomic mass is 16.2. The fourth-order valence-corrected chi connectivity index (χ4v) is 3.64. The topological polar surface area (TPSA) is 46.3 Å². The van der Waals surface area contributed by atoms with Crippen LogP contribution in [0.4, 0.5) is 0 Å². The number of amides is 1. The second-order valence-electron chi connectivity index (χ2n) is 7.84. The fourth-order valence-electron chi connectivity index (χ4n) is 3.64. The largest absolute Gasteiger partial charge is 0.337 e. The highest BCUT2D eigenvalue weighted by Gasteiger charge is 2.41. The third-order valence-corrected chi connectivity index (χ3v) is 4.92. The molecule has 2 N–H and O–H groups in total. The van der Waals surface area contributed by atoms with Gasteiger partial charge in [-0.2, -0.15) is 0 Å². The monoisotopic (exact) mass is 278 g/mol. The molecule has 2 unspecified atom stereocenters. The first kappa shape index (κ1) is 15.6.